The van der Waals surface area contributed by atoms with Crippen LogP contribution in [-0.2, 0) is 21.2 Å². The molecule has 1 aliphatic heterocycles. The van der Waals surface area contributed by atoms with Gasteiger partial charge in [-0.2, -0.15) is 0 Å². The Morgan fingerprint density at radius 2 is 1.79 bits per heavy atom. The molecule has 2 heterocycles. The predicted molar refractivity (Wildman–Crippen MR) is 132 cm³/mol. The van der Waals surface area contributed by atoms with Crippen LogP contribution in [0, 0.1) is 0 Å². The lowest BCUT2D eigenvalue weighted by atomic mass is 10.1. The number of anilines is 3. The quantitative estimate of drug-likeness (QED) is 0.493. The van der Waals surface area contributed by atoms with Crippen LogP contribution in [0.4, 0.5) is 17.1 Å². The van der Waals surface area contributed by atoms with Gasteiger partial charge in [-0.25, -0.2) is 8.42 Å². The molecule has 0 aliphatic carbocycles. The lowest BCUT2D eigenvalue weighted by molar-refractivity contribution is -0.116. The van der Waals surface area contributed by atoms with Gasteiger partial charge in [0, 0.05) is 34.8 Å². The maximum atomic E-state index is 12.7. The van der Waals surface area contributed by atoms with Gasteiger partial charge in [-0.3, -0.25) is 13.9 Å². The van der Waals surface area contributed by atoms with Gasteiger partial charge in [-0.15, -0.1) is 11.3 Å². The summed E-state index contributed by atoms with van der Waals surface area (Å²) in [6, 6.07) is 17.6. The number of sulfonamides is 1. The second-order valence-corrected chi connectivity index (χ2v) is 10.8. The third-order valence-corrected chi connectivity index (χ3v) is 8.13. The summed E-state index contributed by atoms with van der Waals surface area (Å²) in [5.74, 6) is -0.241. The number of benzene rings is 2. The molecular formula is C24H25N3O4S2. The number of carbonyl (C=O) groups excluding carboxylic acids is 2. The summed E-state index contributed by atoms with van der Waals surface area (Å²) in [7, 11) is -3.24. The average molecular weight is 484 g/mol. The number of carbonyl (C=O) groups is 2. The monoisotopic (exact) mass is 483 g/mol. The molecule has 0 radical (unpaired) electrons. The Balaban J connectivity index is 1.32. The van der Waals surface area contributed by atoms with Gasteiger partial charge in [0.25, 0.3) is 5.91 Å². The zero-order valence-electron chi connectivity index (χ0n) is 18.0. The first-order valence-electron chi connectivity index (χ1n) is 10.7. The summed E-state index contributed by atoms with van der Waals surface area (Å²) >= 11 is 1.69. The van der Waals surface area contributed by atoms with Crippen LogP contribution >= 0.6 is 11.3 Å². The van der Waals surface area contributed by atoms with E-state index in [0.717, 1.165) is 12.8 Å². The number of hydrogen-bond donors (Lipinski definition) is 2. The van der Waals surface area contributed by atoms with Crippen molar-refractivity contribution in [3.8, 4) is 0 Å². The first-order chi connectivity index (χ1) is 15.9. The van der Waals surface area contributed by atoms with Crippen LogP contribution < -0.4 is 14.9 Å². The standard InChI is InChI=1S/C24H25N3O4S2/c28-23(9-2-7-22-8-3-15-32-22)25-20-6-1-5-18(17-20)24(29)26-19-10-12-21(13-11-19)27-14-4-16-33(27,30)31/h1,3,5-6,8,10-13,15,17H,2,4,7,9,14,16H2,(H,25,28)(H,26,29). The largest absolute Gasteiger partial charge is 0.326 e. The van der Waals surface area contributed by atoms with E-state index in [-0.39, 0.29) is 17.6 Å². The van der Waals surface area contributed by atoms with Gasteiger partial charge < -0.3 is 10.6 Å². The molecule has 0 saturated carbocycles. The molecule has 2 N–H and O–H groups in total. The highest BCUT2D eigenvalue weighted by Crippen LogP contribution is 2.25. The van der Waals surface area contributed by atoms with Crippen LogP contribution in [0.5, 0.6) is 0 Å². The first-order valence-corrected chi connectivity index (χ1v) is 13.2. The molecule has 0 bridgehead atoms. The molecule has 1 saturated heterocycles. The fourth-order valence-corrected chi connectivity index (χ4v) is 6.00. The van der Waals surface area contributed by atoms with Crippen LogP contribution in [0.3, 0.4) is 0 Å². The zero-order chi connectivity index (χ0) is 23.3. The molecule has 33 heavy (non-hydrogen) atoms. The number of nitrogens with zero attached hydrogens (tertiary/aromatic N) is 1. The summed E-state index contributed by atoms with van der Waals surface area (Å²) in [6.45, 7) is 0.473. The fraction of sp³-hybridized carbons (Fsp3) is 0.250. The molecule has 2 amide bonds. The number of thiophene rings is 1. The molecule has 1 aromatic heterocycles. The highest BCUT2D eigenvalue weighted by Gasteiger charge is 2.28. The molecule has 4 rings (SSSR count). The van der Waals surface area contributed by atoms with E-state index in [1.54, 1.807) is 59.9 Å². The van der Waals surface area contributed by atoms with E-state index in [1.807, 2.05) is 11.4 Å². The van der Waals surface area contributed by atoms with Crippen molar-refractivity contribution in [3.05, 3.63) is 76.5 Å². The van der Waals surface area contributed by atoms with E-state index in [9.17, 15) is 18.0 Å². The van der Waals surface area contributed by atoms with Gasteiger partial charge in [-0.1, -0.05) is 12.1 Å². The number of nitrogens with one attached hydrogen (secondary N) is 2. The van der Waals surface area contributed by atoms with Crippen molar-refractivity contribution in [1.29, 1.82) is 0 Å². The lowest BCUT2D eigenvalue weighted by Gasteiger charge is -2.17. The van der Waals surface area contributed by atoms with E-state index >= 15 is 0 Å². The van der Waals surface area contributed by atoms with E-state index in [0.29, 0.717) is 42.0 Å². The predicted octanol–water partition coefficient (Wildman–Crippen LogP) is 4.50. The Hall–Kier alpha value is -3.17. The van der Waals surface area contributed by atoms with Crippen molar-refractivity contribution in [2.24, 2.45) is 0 Å². The van der Waals surface area contributed by atoms with Crippen LogP contribution in [0.1, 0.15) is 34.5 Å². The Labute approximate surface area is 197 Å². The zero-order valence-corrected chi connectivity index (χ0v) is 19.6. The molecule has 1 aliphatic rings. The van der Waals surface area contributed by atoms with Crippen molar-refractivity contribution >= 4 is 50.2 Å². The smallest absolute Gasteiger partial charge is 0.255 e. The molecule has 2 aromatic carbocycles. The number of amides is 2. The third-order valence-electron chi connectivity index (χ3n) is 5.33. The highest BCUT2D eigenvalue weighted by atomic mass is 32.2. The number of hydrogen-bond acceptors (Lipinski definition) is 5. The van der Waals surface area contributed by atoms with Crippen LogP contribution in [0.2, 0.25) is 0 Å². The molecule has 3 aromatic rings. The van der Waals surface area contributed by atoms with Crippen molar-refractivity contribution in [2.45, 2.75) is 25.7 Å². The Kier molecular flexibility index (Phi) is 7.10. The minimum atomic E-state index is -3.24. The minimum absolute atomic E-state index is 0.0865. The second kappa shape index (κ2) is 10.2. The molecule has 9 heteroatoms. The van der Waals surface area contributed by atoms with Crippen molar-refractivity contribution in [3.63, 3.8) is 0 Å². The molecule has 1 fully saturated rings. The van der Waals surface area contributed by atoms with Gasteiger partial charge in [0.2, 0.25) is 15.9 Å². The van der Waals surface area contributed by atoms with Gasteiger partial charge in [0.05, 0.1) is 11.4 Å². The molecule has 0 spiro atoms. The third kappa shape index (κ3) is 6.00. The summed E-state index contributed by atoms with van der Waals surface area (Å²) in [5.41, 5.74) is 2.13. The summed E-state index contributed by atoms with van der Waals surface area (Å²) in [6.07, 6.45) is 2.66. The minimum Gasteiger partial charge on any atom is -0.326 e. The second-order valence-electron chi connectivity index (χ2n) is 7.80. The molecule has 0 unspecified atom stereocenters. The van der Waals surface area contributed by atoms with Gasteiger partial charge in [0.15, 0.2) is 0 Å². The topological polar surface area (TPSA) is 95.6 Å². The van der Waals surface area contributed by atoms with Gasteiger partial charge in [0.1, 0.15) is 0 Å². The summed E-state index contributed by atoms with van der Waals surface area (Å²) in [4.78, 5) is 26.2. The SMILES string of the molecule is O=C(CCCc1cccs1)Nc1cccc(C(=O)Nc2ccc(N3CCCS3(=O)=O)cc2)c1. The Morgan fingerprint density at radius 1 is 0.970 bits per heavy atom. The maximum Gasteiger partial charge on any atom is 0.255 e. The first kappa shape index (κ1) is 23.0. The van der Waals surface area contributed by atoms with E-state index in [4.69, 9.17) is 0 Å². The van der Waals surface area contributed by atoms with Crippen molar-refractivity contribution < 1.29 is 18.0 Å². The average Bonchev–Trinajstić information content (AvgIpc) is 3.43. The molecule has 7 nitrogen and oxygen atoms in total. The van der Waals surface area contributed by atoms with Gasteiger partial charge >= 0.3 is 0 Å². The van der Waals surface area contributed by atoms with Crippen LogP contribution in [0.25, 0.3) is 0 Å². The van der Waals surface area contributed by atoms with Crippen LogP contribution in [-0.4, -0.2) is 32.5 Å². The summed E-state index contributed by atoms with van der Waals surface area (Å²) in [5, 5.41) is 7.68. The Morgan fingerprint density at radius 3 is 2.48 bits per heavy atom. The van der Waals surface area contributed by atoms with Crippen molar-refractivity contribution in [1.82, 2.24) is 0 Å². The van der Waals surface area contributed by atoms with E-state index < -0.39 is 10.0 Å². The van der Waals surface area contributed by atoms with Gasteiger partial charge in [-0.05, 0) is 73.2 Å². The van der Waals surface area contributed by atoms with Crippen molar-refractivity contribution in [2.75, 3.05) is 27.2 Å². The maximum absolute atomic E-state index is 12.7. The molecular weight excluding hydrogens is 458 g/mol. The summed E-state index contributed by atoms with van der Waals surface area (Å²) < 4.78 is 25.5. The highest BCUT2D eigenvalue weighted by molar-refractivity contribution is 7.93. The van der Waals surface area contributed by atoms with E-state index in [2.05, 4.69) is 16.7 Å². The Bertz CT molecular complexity index is 1220. The van der Waals surface area contributed by atoms with Crippen LogP contribution in [0.15, 0.2) is 66.0 Å². The molecule has 172 valence electrons. The normalized spacial score (nSPS) is 14.7. The number of rotatable bonds is 8. The fourth-order valence-electron chi connectivity index (χ4n) is 3.68. The number of aryl methyl sites for hydroxylation is 1. The molecule has 0 atom stereocenters. The lowest BCUT2D eigenvalue weighted by Crippen LogP contribution is -2.25. The van der Waals surface area contributed by atoms with E-state index in [1.165, 1.54) is 9.18 Å².